The summed E-state index contributed by atoms with van der Waals surface area (Å²) in [7, 11) is -0.366. The van der Waals surface area contributed by atoms with E-state index in [4.69, 9.17) is 30.2 Å². The Balaban J connectivity index is 1.32. The SMILES string of the molecule is COc1cc(NC(=O)CCCc2cccc(C3(C(=O)OCC4CCN(C(=O)OC(C)(C)C)CC4)CCCCC3)c2)c(Cl)cc1CO[Si](C)(C)C(C)(C)C. The Labute approximate surface area is 323 Å². The van der Waals surface area contributed by atoms with Crippen LogP contribution in [0.1, 0.15) is 116 Å². The molecule has 2 amide bonds. The number of benzene rings is 2. The zero-order valence-corrected chi connectivity index (χ0v) is 35.4. The van der Waals surface area contributed by atoms with Crippen molar-refractivity contribution in [3.8, 4) is 5.75 Å². The summed E-state index contributed by atoms with van der Waals surface area (Å²) in [6.07, 6.45) is 7.52. The molecule has 1 saturated carbocycles. The Hall–Kier alpha value is -3.08. The van der Waals surface area contributed by atoms with E-state index in [0.29, 0.717) is 62.0 Å². The van der Waals surface area contributed by atoms with Crippen LogP contribution in [0.15, 0.2) is 36.4 Å². The van der Waals surface area contributed by atoms with Gasteiger partial charge in [-0.05, 0) is 101 Å². The van der Waals surface area contributed by atoms with Crippen molar-refractivity contribution in [2.75, 3.05) is 32.1 Å². The second kappa shape index (κ2) is 18.0. The highest BCUT2D eigenvalue weighted by atomic mass is 35.5. The first kappa shape index (κ1) is 42.7. The average molecular weight is 772 g/mol. The van der Waals surface area contributed by atoms with E-state index < -0.39 is 19.3 Å². The second-order valence-corrected chi connectivity index (χ2v) is 22.7. The van der Waals surface area contributed by atoms with Crippen molar-refractivity contribution in [3.05, 3.63) is 58.1 Å². The largest absolute Gasteiger partial charge is 0.496 e. The van der Waals surface area contributed by atoms with Gasteiger partial charge in [0.2, 0.25) is 5.91 Å². The molecule has 1 aliphatic heterocycles. The van der Waals surface area contributed by atoms with Crippen molar-refractivity contribution >= 4 is 43.6 Å². The number of likely N-dealkylation sites (tertiary alicyclic amines) is 1. The van der Waals surface area contributed by atoms with Crippen LogP contribution in [0.3, 0.4) is 0 Å². The van der Waals surface area contributed by atoms with Crippen LogP contribution in [0, 0.1) is 5.92 Å². The first-order chi connectivity index (χ1) is 24.8. The summed E-state index contributed by atoms with van der Waals surface area (Å²) in [6, 6.07) is 11.9. The number of rotatable bonds is 13. The van der Waals surface area contributed by atoms with Gasteiger partial charge >= 0.3 is 12.1 Å². The van der Waals surface area contributed by atoms with Crippen LogP contribution < -0.4 is 10.1 Å². The van der Waals surface area contributed by atoms with Crippen molar-refractivity contribution in [2.24, 2.45) is 5.92 Å². The highest BCUT2D eigenvalue weighted by Gasteiger charge is 2.43. The van der Waals surface area contributed by atoms with Gasteiger partial charge in [0, 0.05) is 31.1 Å². The van der Waals surface area contributed by atoms with E-state index in [1.54, 1.807) is 18.1 Å². The summed E-state index contributed by atoms with van der Waals surface area (Å²) in [6.45, 7) is 18.6. The molecule has 0 spiro atoms. The highest BCUT2D eigenvalue weighted by Crippen LogP contribution is 2.42. The van der Waals surface area contributed by atoms with Crippen LogP contribution in [-0.4, -0.2) is 63.6 Å². The summed E-state index contributed by atoms with van der Waals surface area (Å²) in [5.74, 6) is 0.567. The molecule has 0 bridgehead atoms. The first-order valence-corrected chi connectivity index (χ1v) is 22.7. The minimum Gasteiger partial charge on any atom is -0.496 e. The third-order valence-corrected chi connectivity index (χ3v) is 16.0. The fourth-order valence-corrected chi connectivity index (χ4v) is 8.05. The van der Waals surface area contributed by atoms with Crippen molar-refractivity contribution < 1.29 is 33.0 Å². The lowest BCUT2D eigenvalue weighted by Gasteiger charge is -2.37. The molecule has 2 fully saturated rings. The average Bonchev–Trinajstić information content (AvgIpc) is 3.10. The number of piperidine rings is 1. The van der Waals surface area contributed by atoms with E-state index in [2.05, 4.69) is 57.4 Å². The van der Waals surface area contributed by atoms with Gasteiger partial charge in [-0.25, -0.2) is 4.79 Å². The fourth-order valence-electron chi connectivity index (χ4n) is 6.86. The monoisotopic (exact) mass is 770 g/mol. The Bertz CT molecular complexity index is 1570. The molecule has 0 atom stereocenters. The number of halogens is 1. The highest BCUT2D eigenvalue weighted by molar-refractivity contribution is 6.74. The maximum atomic E-state index is 13.9. The molecular formula is C42H63ClN2O7Si. The number of nitrogens with zero attached hydrogens (tertiary/aromatic N) is 1. The van der Waals surface area contributed by atoms with Gasteiger partial charge in [-0.1, -0.05) is 75.9 Å². The molecule has 2 aromatic rings. The number of amides is 2. The number of carbonyl (C=O) groups excluding carboxylic acids is 3. The van der Waals surface area contributed by atoms with Crippen LogP contribution in [0.5, 0.6) is 5.75 Å². The summed E-state index contributed by atoms with van der Waals surface area (Å²) in [5.41, 5.74) is 2.26. The minimum atomic E-state index is -1.97. The van der Waals surface area contributed by atoms with Gasteiger partial charge in [0.15, 0.2) is 8.32 Å². The topological polar surface area (TPSA) is 103 Å². The second-order valence-electron chi connectivity index (χ2n) is 17.4. The number of nitrogens with one attached hydrogen (secondary N) is 1. The van der Waals surface area contributed by atoms with Crippen molar-refractivity contribution in [1.82, 2.24) is 4.90 Å². The van der Waals surface area contributed by atoms with E-state index in [1.807, 2.05) is 32.9 Å². The predicted octanol–water partition coefficient (Wildman–Crippen LogP) is 10.2. The van der Waals surface area contributed by atoms with Crippen LogP contribution in [0.4, 0.5) is 10.5 Å². The number of hydrogen-bond acceptors (Lipinski definition) is 7. The van der Waals surface area contributed by atoms with E-state index in [1.165, 1.54) is 0 Å². The molecule has 4 rings (SSSR count). The molecular weight excluding hydrogens is 708 g/mol. The minimum absolute atomic E-state index is 0.0776. The van der Waals surface area contributed by atoms with Crippen molar-refractivity contribution in [2.45, 2.75) is 142 Å². The molecule has 11 heteroatoms. The summed E-state index contributed by atoms with van der Waals surface area (Å²) in [5, 5.41) is 3.49. The third kappa shape index (κ3) is 11.7. The third-order valence-electron chi connectivity index (χ3n) is 11.2. The van der Waals surface area contributed by atoms with Gasteiger partial charge in [0.25, 0.3) is 0 Å². The Morgan fingerprint density at radius 3 is 2.28 bits per heavy atom. The molecule has 9 nitrogen and oxygen atoms in total. The van der Waals surface area contributed by atoms with Gasteiger partial charge in [-0.3, -0.25) is 9.59 Å². The van der Waals surface area contributed by atoms with Gasteiger partial charge < -0.3 is 28.9 Å². The first-order valence-electron chi connectivity index (χ1n) is 19.4. The standard InChI is InChI=1S/C42H63ClN2O7Si/c1-40(2,3)52-39(48)45-23-19-31(20-24-45)28-50-38(47)42(21-11-10-12-22-42)33-17-13-15-30(25-33)16-14-18-37(46)44-35-27-36(49-7)32(26-34(35)43)29-51-53(8,9)41(4,5)6/h13,15,17,25-27,31H,10-12,14,16,18-24,28-29H2,1-9H3,(H,44,46). The van der Waals surface area contributed by atoms with Crippen LogP contribution in [0.25, 0.3) is 0 Å². The maximum absolute atomic E-state index is 13.9. The number of carbonyl (C=O) groups is 3. The Morgan fingerprint density at radius 1 is 0.981 bits per heavy atom. The zero-order valence-electron chi connectivity index (χ0n) is 33.6. The number of methoxy groups -OCH3 is 1. The molecule has 1 N–H and O–H groups in total. The molecule has 1 saturated heterocycles. The number of ether oxygens (including phenoxy) is 3. The molecule has 1 aliphatic carbocycles. The van der Waals surface area contributed by atoms with Crippen LogP contribution in [0.2, 0.25) is 23.2 Å². The van der Waals surface area contributed by atoms with Crippen LogP contribution in [-0.2, 0) is 41.9 Å². The lowest BCUT2D eigenvalue weighted by atomic mass is 9.69. The maximum Gasteiger partial charge on any atom is 0.410 e. The van der Waals surface area contributed by atoms with E-state index in [9.17, 15) is 14.4 Å². The molecule has 294 valence electrons. The van der Waals surface area contributed by atoms with E-state index >= 15 is 0 Å². The zero-order chi connectivity index (χ0) is 39.0. The Kier molecular flexibility index (Phi) is 14.5. The molecule has 0 aromatic heterocycles. The van der Waals surface area contributed by atoms with Gasteiger partial charge in [-0.2, -0.15) is 0 Å². The van der Waals surface area contributed by atoms with Gasteiger partial charge in [0.1, 0.15) is 11.4 Å². The van der Waals surface area contributed by atoms with E-state index in [-0.39, 0.29) is 28.9 Å². The Morgan fingerprint density at radius 2 is 1.66 bits per heavy atom. The number of aryl methyl sites for hydroxylation is 1. The lowest BCUT2D eigenvalue weighted by molar-refractivity contribution is -0.154. The molecule has 2 aromatic carbocycles. The lowest BCUT2D eigenvalue weighted by Crippen LogP contribution is -2.43. The number of esters is 1. The van der Waals surface area contributed by atoms with Gasteiger partial charge in [-0.15, -0.1) is 0 Å². The molecule has 53 heavy (non-hydrogen) atoms. The molecule has 0 unspecified atom stereocenters. The summed E-state index contributed by atoms with van der Waals surface area (Å²) < 4.78 is 23.7. The summed E-state index contributed by atoms with van der Waals surface area (Å²) in [4.78, 5) is 41.2. The summed E-state index contributed by atoms with van der Waals surface area (Å²) >= 11 is 6.63. The van der Waals surface area contributed by atoms with Gasteiger partial charge in [0.05, 0.1) is 36.4 Å². The molecule has 1 heterocycles. The predicted molar refractivity (Wildman–Crippen MR) is 214 cm³/mol. The molecule has 2 aliphatic rings. The quantitative estimate of drug-likeness (QED) is 0.160. The van der Waals surface area contributed by atoms with Crippen LogP contribution >= 0.6 is 11.6 Å². The smallest absolute Gasteiger partial charge is 0.410 e. The van der Waals surface area contributed by atoms with E-state index in [0.717, 1.165) is 61.6 Å². The van der Waals surface area contributed by atoms with Crippen molar-refractivity contribution in [3.63, 3.8) is 0 Å². The number of anilines is 1. The number of hydrogen-bond donors (Lipinski definition) is 1. The van der Waals surface area contributed by atoms with Crippen molar-refractivity contribution in [1.29, 1.82) is 0 Å². The molecule has 0 radical (unpaired) electrons. The fraction of sp³-hybridized carbons (Fsp3) is 0.643. The normalized spacial score (nSPS) is 16.9.